The molecule has 1 saturated carbocycles. The van der Waals surface area contributed by atoms with E-state index in [4.69, 9.17) is 10.5 Å². The van der Waals surface area contributed by atoms with Crippen LogP contribution in [0, 0.1) is 0 Å². The molecule has 17 heavy (non-hydrogen) atoms. The molecular weight excluding hydrogens is 214 g/mol. The van der Waals surface area contributed by atoms with E-state index in [1.807, 2.05) is 18.2 Å². The molecule has 1 unspecified atom stereocenters. The number of nitrogens with two attached hydrogens (primary N) is 1. The van der Waals surface area contributed by atoms with Crippen LogP contribution in [0.5, 0.6) is 5.75 Å². The highest BCUT2D eigenvalue weighted by molar-refractivity contribution is 5.78. The molecule has 1 aliphatic heterocycles. The minimum atomic E-state index is 0.339. The highest BCUT2D eigenvalue weighted by atomic mass is 16.5. The molecule has 4 nitrogen and oxygen atoms in total. The SMILES string of the molecule is NC(=NCC1COc2ccccc21)NC1CC1. The number of nitrogens with zero attached hydrogens (tertiary/aromatic N) is 1. The van der Waals surface area contributed by atoms with Crippen LogP contribution in [0.25, 0.3) is 0 Å². The van der Waals surface area contributed by atoms with E-state index >= 15 is 0 Å². The van der Waals surface area contributed by atoms with Gasteiger partial charge in [-0.05, 0) is 18.9 Å². The summed E-state index contributed by atoms with van der Waals surface area (Å²) in [5.74, 6) is 1.89. The zero-order chi connectivity index (χ0) is 11.7. The fourth-order valence-electron chi connectivity index (χ4n) is 2.07. The molecule has 0 saturated heterocycles. The number of rotatable bonds is 3. The highest BCUT2D eigenvalue weighted by Crippen LogP contribution is 2.33. The predicted octanol–water partition coefficient (Wildman–Crippen LogP) is 1.23. The minimum absolute atomic E-state index is 0.339. The molecule has 3 N–H and O–H groups in total. The van der Waals surface area contributed by atoms with Gasteiger partial charge in [-0.1, -0.05) is 18.2 Å². The van der Waals surface area contributed by atoms with Crippen LogP contribution in [-0.2, 0) is 0 Å². The molecule has 4 heteroatoms. The summed E-state index contributed by atoms with van der Waals surface area (Å²) in [6.07, 6.45) is 2.43. The van der Waals surface area contributed by atoms with Crippen LogP contribution in [0.3, 0.4) is 0 Å². The lowest BCUT2D eigenvalue weighted by Gasteiger charge is -2.07. The van der Waals surface area contributed by atoms with Crippen LogP contribution in [0.15, 0.2) is 29.3 Å². The Morgan fingerprint density at radius 1 is 1.41 bits per heavy atom. The summed E-state index contributed by atoms with van der Waals surface area (Å²) in [5.41, 5.74) is 7.06. The van der Waals surface area contributed by atoms with Gasteiger partial charge in [-0.2, -0.15) is 0 Å². The first-order valence-corrected chi connectivity index (χ1v) is 6.11. The van der Waals surface area contributed by atoms with Gasteiger partial charge in [0.15, 0.2) is 5.96 Å². The fraction of sp³-hybridized carbons (Fsp3) is 0.462. The van der Waals surface area contributed by atoms with Crippen LogP contribution < -0.4 is 15.8 Å². The molecule has 3 rings (SSSR count). The van der Waals surface area contributed by atoms with Crippen molar-refractivity contribution in [2.75, 3.05) is 13.2 Å². The Morgan fingerprint density at radius 2 is 2.24 bits per heavy atom. The number of benzene rings is 1. The average molecular weight is 231 g/mol. The Morgan fingerprint density at radius 3 is 3.06 bits per heavy atom. The van der Waals surface area contributed by atoms with Crippen LogP contribution >= 0.6 is 0 Å². The van der Waals surface area contributed by atoms with E-state index in [9.17, 15) is 0 Å². The van der Waals surface area contributed by atoms with Crippen molar-refractivity contribution in [2.24, 2.45) is 10.7 Å². The number of fused-ring (bicyclic) bond motifs is 1. The second kappa shape index (κ2) is 4.28. The molecule has 90 valence electrons. The van der Waals surface area contributed by atoms with E-state index in [0.717, 1.165) is 5.75 Å². The van der Waals surface area contributed by atoms with Crippen molar-refractivity contribution in [3.63, 3.8) is 0 Å². The number of guanidine groups is 1. The van der Waals surface area contributed by atoms with E-state index in [0.29, 0.717) is 31.1 Å². The van der Waals surface area contributed by atoms with Crippen LogP contribution in [0.1, 0.15) is 24.3 Å². The fourth-order valence-corrected chi connectivity index (χ4v) is 2.07. The third-order valence-electron chi connectivity index (χ3n) is 3.21. The lowest BCUT2D eigenvalue weighted by molar-refractivity contribution is 0.333. The molecule has 0 spiro atoms. The van der Waals surface area contributed by atoms with Gasteiger partial charge < -0.3 is 15.8 Å². The summed E-state index contributed by atoms with van der Waals surface area (Å²) < 4.78 is 5.61. The first kappa shape index (κ1) is 10.4. The molecule has 1 heterocycles. The Hall–Kier alpha value is -1.71. The molecule has 0 radical (unpaired) electrons. The van der Waals surface area contributed by atoms with Gasteiger partial charge in [-0.15, -0.1) is 0 Å². The quantitative estimate of drug-likeness (QED) is 0.607. The normalized spacial score (nSPS) is 23.1. The van der Waals surface area contributed by atoms with Gasteiger partial charge in [0.05, 0.1) is 13.2 Å². The third-order valence-corrected chi connectivity index (χ3v) is 3.21. The maximum Gasteiger partial charge on any atom is 0.188 e. The second-order valence-corrected chi connectivity index (χ2v) is 4.69. The number of ether oxygens (including phenoxy) is 1. The van der Waals surface area contributed by atoms with Gasteiger partial charge >= 0.3 is 0 Å². The van der Waals surface area contributed by atoms with E-state index in [1.165, 1.54) is 18.4 Å². The molecule has 1 aliphatic carbocycles. The number of aliphatic imine (C=N–C) groups is 1. The summed E-state index contributed by atoms with van der Waals surface area (Å²) in [7, 11) is 0. The maximum atomic E-state index is 5.81. The number of para-hydroxylation sites is 1. The average Bonchev–Trinajstić information content (AvgIpc) is 3.06. The molecule has 1 atom stereocenters. The van der Waals surface area contributed by atoms with Crippen molar-refractivity contribution >= 4 is 5.96 Å². The largest absolute Gasteiger partial charge is 0.493 e. The second-order valence-electron chi connectivity index (χ2n) is 4.69. The van der Waals surface area contributed by atoms with Crippen molar-refractivity contribution in [3.05, 3.63) is 29.8 Å². The standard InChI is InChI=1S/C13H17N3O/c14-13(16-10-5-6-10)15-7-9-8-17-12-4-2-1-3-11(9)12/h1-4,9-10H,5-8H2,(H3,14,15,16). The van der Waals surface area contributed by atoms with E-state index in [-0.39, 0.29) is 0 Å². The van der Waals surface area contributed by atoms with Crippen molar-refractivity contribution in [3.8, 4) is 5.75 Å². The maximum absolute atomic E-state index is 5.81. The van der Waals surface area contributed by atoms with Gasteiger partial charge in [0, 0.05) is 17.5 Å². The van der Waals surface area contributed by atoms with Crippen molar-refractivity contribution in [1.82, 2.24) is 5.32 Å². The van der Waals surface area contributed by atoms with Gasteiger partial charge in [0.2, 0.25) is 0 Å². The van der Waals surface area contributed by atoms with Gasteiger partial charge in [-0.25, -0.2) is 0 Å². The molecule has 0 aromatic heterocycles. The molecule has 1 aromatic rings. The Kier molecular flexibility index (Phi) is 2.63. The molecule has 1 aromatic carbocycles. The molecule has 0 amide bonds. The van der Waals surface area contributed by atoms with E-state index in [1.54, 1.807) is 0 Å². The van der Waals surface area contributed by atoms with Crippen LogP contribution in [0.4, 0.5) is 0 Å². The first-order chi connectivity index (χ1) is 8.33. The summed E-state index contributed by atoms with van der Waals surface area (Å²) >= 11 is 0. The van der Waals surface area contributed by atoms with Crippen LogP contribution in [-0.4, -0.2) is 25.2 Å². The number of hydrogen-bond donors (Lipinski definition) is 2. The van der Waals surface area contributed by atoms with Crippen LogP contribution in [0.2, 0.25) is 0 Å². The number of hydrogen-bond acceptors (Lipinski definition) is 2. The van der Waals surface area contributed by atoms with E-state index < -0.39 is 0 Å². The Balaban J connectivity index is 1.62. The third kappa shape index (κ3) is 2.35. The molecule has 0 bridgehead atoms. The Labute approximate surface area is 101 Å². The monoisotopic (exact) mass is 231 g/mol. The summed E-state index contributed by atoms with van der Waals surface area (Å²) in [5, 5.41) is 3.19. The summed E-state index contributed by atoms with van der Waals surface area (Å²) in [6.45, 7) is 1.40. The minimum Gasteiger partial charge on any atom is -0.493 e. The summed E-state index contributed by atoms with van der Waals surface area (Å²) in [4.78, 5) is 4.39. The predicted molar refractivity (Wildman–Crippen MR) is 67.3 cm³/mol. The lowest BCUT2D eigenvalue weighted by atomic mass is 10.0. The smallest absolute Gasteiger partial charge is 0.188 e. The first-order valence-electron chi connectivity index (χ1n) is 6.11. The van der Waals surface area contributed by atoms with Gasteiger partial charge in [0.1, 0.15) is 5.75 Å². The zero-order valence-corrected chi connectivity index (χ0v) is 9.73. The van der Waals surface area contributed by atoms with Crippen molar-refractivity contribution in [1.29, 1.82) is 0 Å². The Bertz CT molecular complexity index is 440. The topological polar surface area (TPSA) is 59.6 Å². The lowest BCUT2D eigenvalue weighted by Crippen LogP contribution is -2.33. The van der Waals surface area contributed by atoms with E-state index in [2.05, 4.69) is 16.4 Å². The van der Waals surface area contributed by atoms with Crippen molar-refractivity contribution < 1.29 is 4.74 Å². The van der Waals surface area contributed by atoms with Gasteiger partial charge in [-0.3, -0.25) is 4.99 Å². The highest BCUT2D eigenvalue weighted by Gasteiger charge is 2.24. The zero-order valence-electron chi connectivity index (χ0n) is 9.73. The molecular formula is C13H17N3O. The summed E-state index contributed by atoms with van der Waals surface area (Å²) in [6, 6.07) is 8.70. The van der Waals surface area contributed by atoms with Crippen molar-refractivity contribution in [2.45, 2.75) is 24.8 Å². The molecule has 2 aliphatic rings. The molecule has 1 fully saturated rings. The van der Waals surface area contributed by atoms with Gasteiger partial charge in [0.25, 0.3) is 0 Å². The number of nitrogens with one attached hydrogen (secondary N) is 1.